The summed E-state index contributed by atoms with van der Waals surface area (Å²) in [5.41, 5.74) is 8.74. The summed E-state index contributed by atoms with van der Waals surface area (Å²) in [7, 11) is 0. The van der Waals surface area contributed by atoms with Crippen LogP contribution in [0.4, 0.5) is 9.52 Å². The number of hydrogen-bond acceptors (Lipinski definition) is 3. The zero-order valence-corrected chi connectivity index (χ0v) is 11.1. The highest BCUT2D eigenvalue weighted by atomic mass is 32.1. The quantitative estimate of drug-likeness (QED) is 0.852. The lowest BCUT2D eigenvalue weighted by molar-refractivity contribution is 0.590. The summed E-state index contributed by atoms with van der Waals surface area (Å²) in [5.74, 6) is 0.136. The van der Waals surface area contributed by atoms with E-state index in [1.165, 1.54) is 10.9 Å². The van der Waals surface area contributed by atoms with Crippen LogP contribution in [0.3, 0.4) is 0 Å². The molecule has 0 bridgehead atoms. The van der Waals surface area contributed by atoms with Crippen molar-refractivity contribution in [1.82, 2.24) is 4.98 Å². The molecule has 0 radical (unpaired) electrons. The van der Waals surface area contributed by atoms with Crippen molar-refractivity contribution in [1.29, 1.82) is 0 Å². The number of benzene rings is 1. The van der Waals surface area contributed by atoms with Crippen LogP contribution in [0.1, 0.15) is 40.5 Å². The van der Waals surface area contributed by atoms with Crippen molar-refractivity contribution in [3.63, 3.8) is 0 Å². The van der Waals surface area contributed by atoms with E-state index in [9.17, 15) is 4.39 Å². The van der Waals surface area contributed by atoms with Gasteiger partial charge in [0.15, 0.2) is 5.13 Å². The smallest absolute Gasteiger partial charge is 0.180 e. The number of thiazole rings is 1. The molecule has 2 aromatic rings. The SMILES string of the molecule is Cc1c(F)cccc1C1CCCc2nc(N)sc21. The van der Waals surface area contributed by atoms with E-state index in [4.69, 9.17) is 5.73 Å². The Bertz CT molecular complexity index is 591. The lowest BCUT2D eigenvalue weighted by atomic mass is 9.84. The van der Waals surface area contributed by atoms with Gasteiger partial charge in [0.25, 0.3) is 0 Å². The molecule has 0 aliphatic heterocycles. The predicted octanol–water partition coefficient (Wildman–Crippen LogP) is 3.64. The van der Waals surface area contributed by atoms with Gasteiger partial charge >= 0.3 is 0 Å². The fraction of sp³-hybridized carbons (Fsp3) is 0.357. The van der Waals surface area contributed by atoms with Gasteiger partial charge in [-0.1, -0.05) is 12.1 Å². The zero-order valence-electron chi connectivity index (χ0n) is 10.2. The fourth-order valence-corrected chi connectivity index (χ4v) is 3.77. The van der Waals surface area contributed by atoms with Gasteiger partial charge in [0, 0.05) is 10.8 Å². The molecule has 0 amide bonds. The van der Waals surface area contributed by atoms with Crippen molar-refractivity contribution in [2.75, 3.05) is 5.73 Å². The third-order valence-electron chi connectivity index (χ3n) is 3.65. The number of anilines is 1. The maximum atomic E-state index is 13.7. The maximum Gasteiger partial charge on any atom is 0.180 e. The van der Waals surface area contributed by atoms with E-state index >= 15 is 0 Å². The minimum Gasteiger partial charge on any atom is -0.375 e. The second-order valence-corrected chi connectivity index (χ2v) is 5.82. The minimum atomic E-state index is -0.128. The van der Waals surface area contributed by atoms with Crippen molar-refractivity contribution in [2.45, 2.75) is 32.1 Å². The number of rotatable bonds is 1. The molecule has 1 heterocycles. The Morgan fingerprint density at radius 1 is 1.44 bits per heavy atom. The highest BCUT2D eigenvalue weighted by Gasteiger charge is 2.27. The van der Waals surface area contributed by atoms with Crippen molar-refractivity contribution < 1.29 is 4.39 Å². The average molecular weight is 262 g/mol. The van der Waals surface area contributed by atoms with E-state index < -0.39 is 0 Å². The lowest BCUT2D eigenvalue weighted by Gasteiger charge is -2.23. The van der Waals surface area contributed by atoms with Crippen LogP contribution in [0.15, 0.2) is 18.2 Å². The number of hydrogen-bond donors (Lipinski definition) is 1. The number of aromatic nitrogens is 1. The molecule has 1 aromatic carbocycles. The molecular formula is C14H15FN2S. The topological polar surface area (TPSA) is 38.9 Å². The Morgan fingerprint density at radius 2 is 2.28 bits per heavy atom. The molecule has 0 saturated heterocycles. The summed E-state index contributed by atoms with van der Waals surface area (Å²) in [6.45, 7) is 1.85. The van der Waals surface area contributed by atoms with Crippen LogP contribution < -0.4 is 5.73 Å². The summed E-state index contributed by atoms with van der Waals surface area (Å²) in [5, 5.41) is 0.626. The Morgan fingerprint density at radius 3 is 3.11 bits per heavy atom. The van der Waals surface area contributed by atoms with E-state index in [0.29, 0.717) is 5.13 Å². The molecule has 94 valence electrons. The molecule has 4 heteroatoms. The first-order valence-electron chi connectivity index (χ1n) is 6.17. The minimum absolute atomic E-state index is 0.128. The molecule has 18 heavy (non-hydrogen) atoms. The van der Waals surface area contributed by atoms with Crippen LogP contribution in [0.25, 0.3) is 0 Å². The summed E-state index contributed by atoms with van der Waals surface area (Å²) in [6.07, 6.45) is 3.14. The van der Waals surface area contributed by atoms with Crippen LogP contribution in [0.2, 0.25) is 0 Å². The molecule has 1 atom stereocenters. The van der Waals surface area contributed by atoms with E-state index in [0.717, 1.165) is 36.1 Å². The van der Waals surface area contributed by atoms with Crippen LogP contribution in [0, 0.1) is 12.7 Å². The molecular weight excluding hydrogens is 247 g/mol. The number of halogens is 1. The highest BCUT2D eigenvalue weighted by Crippen LogP contribution is 2.41. The number of fused-ring (bicyclic) bond motifs is 1. The van der Waals surface area contributed by atoms with Gasteiger partial charge in [0.1, 0.15) is 5.82 Å². The van der Waals surface area contributed by atoms with Crippen molar-refractivity contribution >= 4 is 16.5 Å². The molecule has 3 rings (SSSR count). The lowest BCUT2D eigenvalue weighted by Crippen LogP contribution is -2.10. The largest absolute Gasteiger partial charge is 0.375 e. The van der Waals surface area contributed by atoms with E-state index in [2.05, 4.69) is 4.98 Å². The Labute approximate surface area is 110 Å². The molecule has 0 fully saturated rings. The summed E-state index contributed by atoms with van der Waals surface area (Å²) in [4.78, 5) is 5.61. The number of aryl methyl sites for hydroxylation is 1. The molecule has 2 N–H and O–H groups in total. The molecule has 0 spiro atoms. The van der Waals surface area contributed by atoms with Crippen LogP contribution >= 0.6 is 11.3 Å². The van der Waals surface area contributed by atoms with E-state index in [-0.39, 0.29) is 11.7 Å². The predicted molar refractivity (Wildman–Crippen MR) is 72.4 cm³/mol. The van der Waals surface area contributed by atoms with E-state index in [1.54, 1.807) is 17.4 Å². The summed E-state index contributed by atoms with van der Waals surface area (Å²) in [6, 6.07) is 5.33. The van der Waals surface area contributed by atoms with Gasteiger partial charge in [-0.15, -0.1) is 11.3 Å². The molecule has 1 aromatic heterocycles. The third-order valence-corrected chi connectivity index (χ3v) is 4.69. The number of nitrogens with two attached hydrogens (primary N) is 1. The first kappa shape index (κ1) is 11.7. The van der Waals surface area contributed by atoms with Gasteiger partial charge in [0.2, 0.25) is 0 Å². The van der Waals surface area contributed by atoms with Crippen molar-refractivity contribution in [3.8, 4) is 0 Å². The van der Waals surface area contributed by atoms with Gasteiger partial charge in [0.05, 0.1) is 5.69 Å². The molecule has 1 aliphatic carbocycles. The van der Waals surface area contributed by atoms with Crippen molar-refractivity contribution in [2.24, 2.45) is 0 Å². The zero-order chi connectivity index (χ0) is 12.7. The highest BCUT2D eigenvalue weighted by molar-refractivity contribution is 7.15. The number of nitrogens with zero attached hydrogens (tertiary/aromatic N) is 1. The van der Waals surface area contributed by atoms with Crippen molar-refractivity contribution in [3.05, 3.63) is 45.7 Å². The second kappa shape index (κ2) is 4.35. The van der Waals surface area contributed by atoms with Gasteiger partial charge in [-0.2, -0.15) is 0 Å². The van der Waals surface area contributed by atoms with Gasteiger partial charge in [-0.3, -0.25) is 0 Å². The molecule has 2 nitrogen and oxygen atoms in total. The molecule has 0 saturated carbocycles. The molecule has 1 aliphatic rings. The van der Waals surface area contributed by atoms with Gasteiger partial charge < -0.3 is 5.73 Å². The average Bonchev–Trinajstić information content (AvgIpc) is 2.73. The molecule has 1 unspecified atom stereocenters. The van der Waals surface area contributed by atoms with E-state index in [1.807, 2.05) is 13.0 Å². The fourth-order valence-electron chi connectivity index (χ4n) is 2.74. The summed E-state index contributed by atoms with van der Waals surface area (Å²) >= 11 is 1.55. The maximum absolute atomic E-state index is 13.7. The van der Waals surface area contributed by atoms with Crippen LogP contribution in [0.5, 0.6) is 0 Å². The normalized spacial score (nSPS) is 18.7. The Kier molecular flexibility index (Phi) is 2.82. The third kappa shape index (κ3) is 1.81. The first-order chi connectivity index (χ1) is 8.66. The van der Waals surface area contributed by atoms with Gasteiger partial charge in [-0.25, -0.2) is 9.37 Å². The second-order valence-electron chi connectivity index (χ2n) is 4.76. The standard InChI is InChI=1S/C14H15FN2S/c1-8-9(4-2-6-11(8)15)10-5-3-7-12-13(10)18-14(16)17-12/h2,4,6,10H,3,5,7H2,1H3,(H2,16,17). The van der Waals surface area contributed by atoms with Crippen LogP contribution in [-0.2, 0) is 6.42 Å². The Hall–Kier alpha value is -1.42. The summed E-state index contributed by atoms with van der Waals surface area (Å²) < 4.78 is 13.7. The first-order valence-corrected chi connectivity index (χ1v) is 6.98. The van der Waals surface area contributed by atoms with Crippen LogP contribution in [-0.4, -0.2) is 4.98 Å². The number of nitrogen functional groups attached to an aromatic ring is 1. The Balaban J connectivity index is 2.11. The van der Waals surface area contributed by atoms with Gasteiger partial charge in [-0.05, 0) is 43.4 Å². The monoisotopic (exact) mass is 262 g/mol.